The summed E-state index contributed by atoms with van der Waals surface area (Å²) in [6, 6.07) is 4.22. The predicted octanol–water partition coefficient (Wildman–Crippen LogP) is 3.23. The molecular formula is C11H9Cl2FN2O. The van der Waals surface area contributed by atoms with Gasteiger partial charge in [0, 0.05) is 23.7 Å². The average molecular weight is 275 g/mol. The van der Waals surface area contributed by atoms with E-state index < -0.39 is 0 Å². The van der Waals surface area contributed by atoms with Gasteiger partial charge >= 0.3 is 0 Å². The van der Waals surface area contributed by atoms with Gasteiger partial charge < -0.3 is 4.52 Å². The van der Waals surface area contributed by atoms with Crippen LogP contribution in [0.2, 0.25) is 5.02 Å². The van der Waals surface area contributed by atoms with Crippen LogP contribution in [0.1, 0.15) is 17.3 Å². The molecule has 6 heteroatoms. The van der Waals surface area contributed by atoms with E-state index in [4.69, 9.17) is 27.7 Å². The standard InChI is InChI=1S/C11H9Cl2FN2O/c12-4-3-11-15-10(16-17-11)5-7-1-2-8(14)6-9(7)13/h1-2,6H,3-5H2. The smallest absolute Gasteiger partial charge is 0.227 e. The molecule has 2 aromatic rings. The first-order chi connectivity index (χ1) is 8.19. The molecule has 0 amide bonds. The van der Waals surface area contributed by atoms with Gasteiger partial charge in [-0.2, -0.15) is 4.98 Å². The van der Waals surface area contributed by atoms with Crippen LogP contribution in [0, 0.1) is 5.82 Å². The van der Waals surface area contributed by atoms with Crippen LogP contribution < -0.4 is 0 Å². The molecule has 90 valence electrons. The number of benzene rings is 1. The summed E-state index contributed by atoms with van der Waals surface area (Å²) in [5, 5.41) is 4.15. The SMILES string of the molecule is Fc1ccc(Cc2noc(CCCl)n2)c(Cl)c1. The molecule has 17 heavy (non-hydrogen) atoms. The number of halogens is 3. The Morgan fingerprint density at radius 1 is 1.35 bits per heavy atom. The zero-order valence-electron chi connectivity index (χ0n) is 8.79. The Kier molecular flexibility index (Phi) is 3.97. The number of alkyl halides is 1. The predicted molar refractivity (Wildman–Crippen MR) is 62.9 cm³/mol. The molecule has 0 fully saturated rings. The van der Waals surface area contributed by atoms with Crippen molar-refractivity contribution in [2.24, 2.45) is 0 Å². The monoisotopic (exact) mass is 274 g/mol. The quantitative estimate of drug-likeness (QED) is 0.804. The van der Waals surface area contributed by atoms with Gasteiger partial charge in [-0.3, -0.25) is 0 Å². The van der Waals surface area contributed by atoms with Crippen molar-refractivity contribution in [1.29, 1.82) is 0 Å². The lowest BCUT2D eigenvalue weighted by atomic mass is 10.1. The Labute approximate surface area is 108 Å². The normalized spacial score (nSPS) is 10.8. The molecule has 0 bridgehead atoms. The number of aryl methyl sites for hydroxylation is 1. The van der Waals surface area contributed by atoms with Crippen LogP contribution in [0.5, 0.6) is 0 Å². The summed E-state index contributed by atoms with van der Waals surface area (Å²) in [5.41, 5.74) is 0.756. The third-order valence-corrected chi connectivity index (χ3v) is 2.72. The maximum absolute atomic E-state index is 12.8. The Balaban J connectivity index is 2.13. The lowest BCUT2D eigenvalue weighted by Gasteiger charge is -2.00. The second-order valence-electron chi connectivity index (χ2n) is 3.46. The fraction of sp³-hybridized carbons (Fsp3) is 0.273. The van der Waals surface area contributed by atoms with Crippen LogP contribution in [-0.4, -0.2) is 16.0 Å². The second kappa shape index (κ2) is 5.47. The van der Waals surface area contributed by atoms with E-state index in [1.165, 1.54) is 12.1 Å². The summed E-state index contributed by atoms with van der Waals surface area (Å²) in [7, 11) is 0. The van der Waals surface area contributed by atoms with Crippen LogP contribution in [0.3, 0.4) is 0 Å². The van der Waals surface area contributed by atoms with E-state index >= 15 is 0 Å². The van der Waals surface area contributed by atoms with Gasteiger partial charge in [0.15, 0.2) is 5.82 Å². The van der Waals surface area contributed by atoms with E-state index in [0.717, 1.165) is 5.56 Å². The number of rotatable bonds is 4. The van der Waals surface area contributed by atoms with Crippen molar-refractivity contribution in [2.45, 2.75) is 12.8 Å². The van der Waals surface area contributed by atoms with E-state index in [1.807, 2.05) is 0 Å². The van der Waals surface area contributed by atoms with Crippen molar-refractivity contribution in [2.75, 3.05) is 5.88 Å². The number of aromatic nitrogens is 2. The molecule has 1 heterocycles. The summed E-state index contributed by atoms with van der Waals surface area (Å²) in [6.07, 6.45) is 0.941. The third-order valence-electron chi connectivity index (χ3n) is 2.18. The molecule has 0 saturated heterocycles. The van der Waals surface area contributed by atoms with Crippen LogP contribution in [0.4, 0.5) is 4.39 Å². The van der Waals surface area contributed by atoms with Crippen molar-refractivity contribution in [3.05, 3.63) is 46.3 Å². The third kappa shape index (κ3) is 3.17. The molecule has 0 aliphatic heterocycles. The number of hydrogen-bond acceptors (Lipinski definition) is 3. The molecule has 0 unspecified atom stereocenters. The maximum Gasteiger partial charge on any atom is 0.227 e. The highest BCUT2D eigenvalue weighted by Gasteiger charge is 2.09. The van der Waals surface area contributed by atoms with Gasteiger partial charge in [-0.05, 0) is 17.7 Å². The molecule has 0 aliphatic carbocycles. The maximum atomic E-state index is 12.8. The van der Waals surface area contributed by atoms with Gasteiger partial charge in [0.25, 0.3) is 0 Å². The van der Waals surface area contributed by atoms with Crippen molar-refractivity contribution in [3.63, 3.8) is 0 Å². The van der Waals surface area contributed by atoms with E-state index in [-0.39, 0.29) is 5.82 Å². The van der Waals surface area contributed by atoms with E-state index in [0.29, 0.717) is 35.5 Å². The van der Waals surface area contributed by atoms with Crippen LogP contribution in [0.15, 0.2) is 22.7 Å². The minimum atomic E-state index is -0.366. The Bertz CT molecular complexity index is 516. The van der Waals surface area contributed by atoms with Crippen molar-refractivity contribution >= 4 is 23.2 Å². The molecule has 0 saturated carbocycles. The molecule has 0 spiro atoms. The molecule has 0 N–H and O–H groups in total. The lowest BCUT2D eigenvalue weighted by molar-refractivity contribution is 0.378. The fourth-order valence-corrected chi connectivity index (χ4v) is 1.78. The van der Waals surface area contributed by atoms with Gasteiger partial charge in [0.05, 0.1) is 0 Å². The Morgan fingerprint density at radius 2 is 2.18 bits per heavy atom. The van der Waals surface area contributed by atoms with Crippen molar-refractivity contribution in [1.82, 2.24) is 10.1 Å². The molecule has 0 aliphatic rings. The van der Waals surface area contributed by atoms with Crippen LogP contribution in [0.25, 0.3) is 0 Å². The molecule has 3 nitrogen and oxygen atoms in total. The van der Waals surface area contributed by atoms with E-state index in [9.17, 15) is 4.39 Å². The van der Waals surface area contributed by atoms with Crippen LogP contribution >= 0.6 is 23.2 Å². The zero-order chi connectivity index (χ0) is 12.3. The molecule has 1 aromatic heterocycles. The first-order valence-electron chi connectivity index (χ1n) is 5.00. The molecule has 2 rings (SSSR count). The van der Waals surface area contributed by atoms with Gasteiger partial charge in [0.2, 0.25) is 5.89 Å². The summed E-state index contributed by atoms with van der Waals surface area (Å²) >= 11 is 11.5. The highest BCUT2D eigenvalue weighted by Crippen LogP contribution is 2.19. The second-order valence-corrected chi connectivity index (χ2v) is 4.24. The Morgan fingerprint density at radius 3 is 2.88 bits per heavy atom. The Hall–Kier alpha value is -1.13. The number of nitrogens with zero attached hydrogens (tertiary/aromatic N) is 2. The van der Waals surface area contributed by atoms with Gasteiger partial charge in [0.1, 0.15) is 5.82 Å². The van der Waals surface area contributed by atoms with Crippen molar-refractivity contribution < 1.29 is 8.91 Å². The van der Waals surface area contributed by atoms with Gasteiger partial charge in [-0.15, -0.1) is 11.6 Å². The van der Waals surface area contributed by atoms with Gasteiger partial charge in [-0.25, -0.2) is 4.39 Å². The van der Waals surface area contributed by atoms with Gasteiger partial charge in [-0.1, -0.05) is 22.8 Å². The summed E-state index contributed by atoms with van der Waals surface area (Å²) in [4.78, 5) is 4.14. The van der Waals surface area contributed by atoms with Crippen molar-refractivity contribution in [3.8, 4) is 0 Å². The first kappa shape index (κ1) is 12.3. The molecular weight excluding hydrogens is 266 g/mol. The first-order valence-corrected chi connectivity index (χ1v) is 5.91. The minimum absolute atomic E-state index is 0.355. The van der Waals surface area contributed by atoms with Crippen LogP contribution in [-0.2, 0) is 12.8 Å². The van der Waals surface area contributed by atoms with E-state index in [2.05, 4.69) is 10.1 Å². The molecule has 1 aromatic carbocycles. The lowest BCUT2D eigenvalue weighted by Crippen LogP contribution is -1.93. The highest BCUT2D eigenvalue weighted by molar-refractivity contribution is 6.31. The highest BCUT2D eigenvalue weighted by atomic mass is 35.5. The average Bonchev–Trinajstić information content (AvgIpc) is 2.71. The summed E-state index contributed by atoms with van der Waals surface area (Å²) < 4.78 is 17.8. The fourth-order valence-electron chi connectivity index (χ4n) is 1.38. The zero-order valence-corrected chi connectivity index (χ0v) is 10.3. The summed E-state index contributed by atoms with van der Waals surface area (Å²) in [5.74, 6) is 1.07. The number of hydrogen-bond donors (Lipinski definition) is 0. The minimum Gasteiger partial charge on any atom is -0.339 e. The molecule has 0 radical (unpaired) electrons. The molecule has 0 atom stereocenters. The van der Waals surface area contributed by atoms with E-state index in [1.54, 1.807) is 6.07 Å². The topological polar surface area (TPSA) is 38.9 Å². The largest absolute Gasteiger partial charge is 0.339 e. The summed E-state index contributed by atoms with van der Waals surface area (Å²) in [6.45, 7) is 0.